The van der Waals surface area contributed by atoms with Crippen molar-refractivity contribution in [1.29, 1.82) is 0 Å². The Bertz CT molecular complexity index is 907. The summed E-state index contributed by atoms with van der Waals surface area (Å²) in [6, 6.07) is 9.28. The van der Waals surface area contributed by atoms with Gasteiger partial charge in [-0.3, -0.25) is 4.31 Å². The molecule has 0 aromatic heterocycles. The molecule has 0 fully saturated rings. The van der Waals surface area contributed by atoms with E-state index >= 15 is 0 Å². The van der Waals surface area contributed by atoms with Crippen LogP contribution in [0.3, 0.4) is 0 Å². The minimum Gasteiger partial charge on any atom is -0.495 e. The fourth-order valence-electron chi connectivity index (χ4n) is 2.10. The van der Waals surface area contributed by atoms with Crippen LogP contribution in [0.25, 0.3) is 6.08 Å². The Labute approximate surface area is 144 Å². The van der Waals surface area contributed by atoms with Gasteiger partial charge in [0.05, 0.1) is 12.8 Å². The Kier molecular flexibility index (Phi) is 5.43. The second kappa shape index (κ2) is 7.35. The number of hydrogen-bond acceptors (Lipinski definition) is 4. The summed E-state index contributed by atoms with van der Waals surface area (Å²) in [5.41, 5.74) is 0.657. The van der Waals surface area contributed by atoms with E-state index in [1.54, 1.807) is 0 Å². The third-order valence-corrected chi connectivity index (χ3v) is 5.24. The first kappa shape index (κ1) is 18.5. The van der Waals surface area contributed by atoms with Gasteiger partial charge in [0.2, 0.25) is 0 Å². The molecule has 8 heteroatoms. The smallest absolute Gasteiger partial charge is 0.328 e. The van der Waals surface area contributed by atoms with Crippen LogP contribution in [0.1, 0.15) is 5.56 Å². The highest BCUT2D eigenvalue weighted by Crippen LogP contribution is 2.30. The molecule has 0 spiro atoms. The number of carbonyl (C=O) groups is 1. The second-order valence-corrected chi connectivity index (χ2v) is 6.97. The lowest BCUT2D eigenvalue weighted by molar-refractivity contribution is -0.131. The van der Waals surface area contributed by atoms with Crippen LogP contribution in [-0.4, -0.2) is 33.7 Å². The van der Waals surface area contributed by atoms with Crippen LogP contribution in [0.5, 0.6) is 5.75 Å². The van der Waals surface area contributed by atoms with Gasteiger partial charge in [0.1, 0.15) is 16.5 Å². The highest BCUT2D eigenvalue weighted by atomic mass is 32.2. The van der Waals surface area contributed by atoms with Crippen molar-refractivity contribution < 1.29 is 27.4 Å². The summed E-state index contributed by atoms with van der Waals surface area (Å²) in [5, 5.41) is 8.70. The minimum atomic E-state index is -4.00. The molecule has 0 aliphatic heterocycles. The fraction of sp³-hybridized carbons (Fsp3) is 0.118. The van der Waals surface area contributed by atoms with Crippen LogP contribution in [-0.2, 0) is 14.8 Å². The summed E-state index contributed by atoms with van der Waals surface area (Å²) in [7, 11) is -1.34. The molecule has 1 N–H and O–H groups in total. The molecule has 0 heterocycles. The molecule has 0 atom stereocenters. The SMILES string of the molecule is COc1ccc(C=CC(=O)O)cc1S(=O)(=O)N(C)c1ccc(F)cc1. The fourth-order valence-corrected chi connectivity index (χ4v) is 3.49. The van der Waals surface area contributed by atoms with Gasteiger partial charge in [-0.25, -0.2) is 17.6 Å². The first-order valence-corrected chi connectivity index (χ1v) is 8.53. The molecular weight excluding hydrogens is 349 g/mol. The van der Waals surface area contributed by atoms with Gasteiger partial charge in [-0.2, -0.15) is 0 Å². The van der Waals surface area contributed by atoms with Crippen molar-refractivity contribution in [3.05, 3.63) is 59.9 Å². The Hall–Kier alpha value is -2.87. The normalized spacial score (nSPS) is 11.5. The van der Waals surface area contributed by atoms with Crippen molar-refractivity contribution in [3.63, 3.8) is 0 Å². The van der Waals surface area contributed by atoms with Gasteiger partial charge in [0.15, 0.2) is 0 Å². The molecule has 0 radical (unpaired) electrons. The molecule has 2 aromatic rings. The summed E-state index contributed by atoms with van der Waals surface area (Å²) in [4.78, 5) is 10.5. The third-order valence-electron chi connectivity index (χ3n) is 3.43. The molecule has 0 aliphatic rings. The summed E-state index contributed by atoms with van der Waals surface area (Å²) >= 11 is 0. The largest absolute Gasteiger partial charge is 0.495 e. The van der Waals surface area contributed by atoms with Gasteiger partial charge in [-0.1, -0.05) is 6.07 Å². The van der Waals surface area contributed by atoms with Crippen LogP contribution in [0.4, 0.5) is 10.1 Å². The van der Waals surface area contributed by atoms with Crippen molar-refractivity contribution >= 4 is 27.8 Å². The molecule has 0 unspecified atom stereocenters. The number of carboxylic acid groups (broad SMARTS) is 1. The molecular formula is C17H16FNO5S. The van der Waals surface area contributed by atoms with E-state index in [1.165, 1.54) is 50.6 Å². The quantitative estimate of drug-likeness (QED) is 0.796. The number of anilines is 1. The zero-order valence-corrected chi connectivity index (χ0v) is 14.3. The molecule has 2 aromatic carbocycles. The highest BCUT2D eigenvalue weighted by molar-refractivity contribution is 7.92. The van der Waals surface area contributed by atoms with E-state index in [9.17, 15) is 17.6 Å². The van der Waals surface area contributed by atoms with Crippen molar-refractivity contribution in [3.8, 4) is 5.75 Å². The molecule has 0 saturated carbocycles. The second-order valence-electron chi connectivity index (χ2n) is 5.03. The van der Waals surface area contributed by atoms with E-state index in [1.807, 2.05) is 0 Å². The molecule has 6 nitrogen and oxygen atoms in total. The van der Waals surface area contributed by atoms with Gasteiger partial charge in [0.25, 0.3) is 10.0 Å². The Morgan fingerprint density at radius 3 is 2.40 bits per heavy atom. The Morgan fingerprint density at radius 1 is 1.20 bits per heavy atom. The molecule has 25 heavy (non-hydrogen) atoms. The zero-order valence-electron chi connectivity index (χ0n) is 13.5. The maximum atomic E-state index is 13.0. The van der Waals surface area contributed by atoms with E-state index in [-0.39, 0.29) is 16.3 Å². The number of hydrogen-bond donors (Lipinski definition) is 1. The number of carboxylic acids is 1. The van der Waals surface area contributed by atoms with Crippen molar-refractivity contribution in [2.24, 2.45) is 0 Å². The number of aliphatic carboxylic acids is 1. The Morgan fingerprint density at radius 2 is 1.84 bits per heavy atom. The number of benzene rings is 2. The van der Waals surface area contributed by atoms with Crippen LogP contribution >= 0.6 is 0 Å². The third kappa shape index (κ3) is 4.16. The molecule has 2 rings (SSSR count). The predicted octanol–water partition coefficient (Wildman–Crippen LogP) is 2.76. The highest BCUT2D eigenvalue weighted by Gasteiger charge is 2.25. The summed E-state index contributed by atoms with van der Waals surface area (Å²) in [6.07, 6.45) is 2.18. The number of rotatable bonds is 6. The van der Waals surface area contributed by atoms with E-state index in [0.717, 1.165) is 22.5 Å². The number of halogens is 1. The number of sulfonamides is 1. The maximum Gasteiger partial charge on any atom is 0.328 e. The maximum absolute atomic E-state index is 13.0. The van der Waals surface area contributed by atoms with Gasteiger partial charge < -0.3 is 9.84 Å². The van der Waals surface area contributed by atoms with E-state index < -0.39 is 21.8 Å². The van der Waals surface area contributed by atoms with Gasteiger partial charge in [0, 0.05) is 13.1 Å². The van der Waals surface area contributed by atoms with E-state index in [4.69, 9.17) is 9.84 Å². The first-order valence-electron chi connectivity index (χ1n) is 7.09. The van der Waals surface area contributed by atoms with Crippen molar-refractivity contribution in [2.75, 3.05) is 18.5 Å². The van der Waals surface area contributed by atoms with E-state index in [0.29, 0.717) is 5.56 Å². The Balaban J connectivity index is 2.51. The standard InChI is InChI=1S/C17H16FNO5S/c1-19(14-7-5-13(18)6-8-14)25(22,23)16-11-12(4-10-17(20)21)3-9-15(16)24-2/h3-11H,1-2H3,(H,20,21). The number of methoxy groups -OCH3 is 1. The average molecular weight is 365 g/mol. The molecule has 0 aliphatic carbocycles. The molecule has 132 valence electrons. The average Bonchev–Trinajstić information content (AvgIpc) is 2.59. The first-order chi connectivity index (χ1) is 11.8. The summed E-state index contributed by atoms with van der Waals surface area (Å²) in [5.74, 6) is -1.52. The van der Waals surface area contributed by atoms with Gasteiger partial charge in [-0.15, -0.1) is 0 Å². The molecule has 0 bridgehead atoms. The van der Waals surface area contributed by atoms with E-state index in [2.05, 4.69) is 0 Å². The lowest BCUT2D eigenvalue weighted by Gasteiger charge is -2.21. The topological polar surface area (TPSA) is 83.9 Å². The van der Waals surface area contributed by atoms with Crippen LogP contribution in [0.2, 0.25) is 0 Å². The van der Waals surface area contributed by atoms with Crippen LogP contribution < -0.4 is 9.04 Å². The van der Waals surface area contributed by atoms with Crippen LogP contribution in [0.15, 0.2) is 53.4 Å². The number of nitrogens with zero attached hydrogens (tertiary/aromatic N) is 1. The van der Waals surface area contributed by atoms with Gasteiger partial charge in [-0.05, 0) is 48.0 Å². The van der Waals surface area contributed by atoms with Crippen molar-refractivity contribution in [2.45, 2.75) is 4.90 Å². The molecule has 0 amide bonds. The summed E-state index contributed by atoms with van der Waals surface area (Å²) in [6.45, 7) is 0. The van der Waals surface area contributed by atoms with Crippen molar-refractivity contribution in [1.82, 2.24) is 0 Å². The lowest BCUT2D eigenvalue weighted by atomic mass is 10.2. The monoisotopic (exact) mass is 365 g/mol. The molecule has 0 saturated heterocycles. The van der Waals surface area contributed by atoms with Gasteiger partial charge >= 0.3 is 5.97 Å². The predicted molar refractivity (Wildman–Crippen MR) is 91.7 cm³/mol. The number of ether oxygens (including phenoxy) is 1. The lowest BCUT2D eigenvalue weighted by Crippen LogP contribution is -2.27. The zero-order chi connectivity index (χ0) is 18.6. The minimum absolute atomic E-state index is 0.112. The van der Waals surface area contributed by atoms with Crippen LogP contribution in [0, 0.1) is 5.82 Å². The summed E-state index contributed by atoms with van der Waals surface area (Å²) < 4.78 is 45.0.